The molecule has 1 aliphatic rings. The monoisotopic (exact) mass is 403 g/mol. The minimum Gasteiger partial charge on any atom is -0.380 e. The van der Waals surface area contributed by atoms with Gasteiger partial charge >= 0.3 is 0 Å². The van der Waals surface area contributed by atoms with Gasteiger partial charge in [-0.15, -0.1) is 0 Å². The highest BCUT2D eigenvalue weighted by molar-refractivity contribution is 7.92. The molecule has 1 fully saturated rings. The molecule has 0 heterocycles. The molecular formula is C21H22ClNO3S. The SMILES string of the molecule is CCOC[C@]1(C#N)[C@H](c2ccc(CC)cc2)[C@@H]1S(=O)(=O)c1ccc(Cl)cc1. The van der Waals surface area contributed by atoms with Crippen molar-refractivity contribution >= 4 is 21.4 Å². The lowest BCUT2D eigenvalue weighted by atomic mass is 10.00. The van der Waals surface area contributed by atoms with Gasteiger partial charge in [0.05, 0.1) is 22.8 Å². The third-order valence-electron chi connectivity index (χ3n) is 5.23. The molecule has 3 atom stereocenters. The van der Waals surface area contributed by atoms with Gasteiger partial charge in [-0.3, -0.25) is 0 Å². The van der Waals surface area contributed by atoms with E-state index in [0.717, 1.165) is 12.0 Å². The summed E-state index contributed by atoms with van der Waals surface area (Å²) in [5, 5.41) is 9.56. The van der Waals surface area contributed by atoms with Gasteiger partial charge in [-0.05, 0) is 48.7 Å². The molecule has 0 bridgehead atoms. The first-order chi connectivity index (χ1) is 12.9. The number of nitrogens with zero attached hydrogens (tertiary/aromatic N) is 1. The van der Waals surface area contributed by atoms with Crippen molar-refractivity contribution in [1.82, 2.24) is 0 Å². The lowest BCUT2D eigenvalue weighted by Crippen LogP contribution is -2.19. The van der Waals surface area contributed by atoms with Crippen molar-refractivity contribution in [3.63, 3.8) is 0 Å². The smallest absolute Gasteiger partial charge is 0.183 e. The molecule has 1 aliphatic carbocycles. The molecule has 142 valence electrons. The molecule has 0 spiro atoms. The second kappa shape index (κ2) is 7.63. The van der Waals surface area contributed by atoms with Crippen molar-refractivity contribution in [3.05, 3.63) is 64.7 Å². The Hall–Kier alpha value is -1.87. The highest BCUT2D eigenvalue weighted by Gasteiger charge is 2.72. The van der Waals surface area contributed by atoms with Crippen LogP contribution in [0.3, 0.4) is 0 Å². The van der Waals surface area contributed by atoms with Gasteiger partial charge in [-0.25, -0.2) is 8.42 Å². The third-order valence-corrected chi connectivity index (χ3v) is 7.78. The third kappa shape index (κ3) is 3.50. The van der Waals surface area contributed by atoms with E-state index in [1.807, 2.05) is 31.2 Å². The molecular weight excluding hydrogens is 382 g/mol. The zero-order valence-corrected chi connectivity index (χ0v) is 16.9. The van der Waals surface area contributed by atoms with Crippen molar-refractivity contribution in [3.8, 4) is 6.07 Å². The number of nitriles is 1. The standard InChI is InChI=1S/C21H22ClNO3S/c1-3-15-5-7-16(8-6-15)19-20(21(19,13-23)14-26-4-2)27(24,25)18-11-9-17(22)10-12-18/h5-12,19-20H,3-4,14H2,1-2H3/t19-,20+,21-/m1/s1. The molecule has 0 saturated heterocycles. The molecule has 0 aromatic heterocycles. The van der Waals surface area contributed by atoms with Crippen LogP contribution in [-0.4, -0.2) is 26.9 Å². The number of sulfone groups is 1. The Kier molecular flexibility index (Phi) is 5.62. The summed E-state index contributed by atoms with van der Waals surface area (Å²) in [6.07, 6.45) is 0.903. The fraction of sp³-hybridized carbons (Fsp3) is 0.381. The van der Waals surface area contributed by atoms with Gasteiger partial charge in [0.2, 0.25) is 0 Å². The average molecular weight is 404 g/mol. The zero-order chi connectivity index (χ0) is 19.7. The quantitative estimate of drug-likeness (QED) is 0.687. The van der Waals surface area contributed by atoms with E-state index in [-0.39, 0.29) is 11.5 Å². The molecule has 2 aromatic rings. The number of ether oxygens (including phenoxy) is 1. The van der Waals surface area contributed by atoms with Crippen LogP contribution < -0.4 is 0 Å². The van der Waals surface area contributed by atoms with Gasteiger partial charge in [-0.2, -0.15) is 5.26 Å². The first-order valence-electron chi connectivity index (χ1n) is 8.98. The Labute approximate surface area is 165 Å². The Morgan fingerprint density at radius 3 is 2.26 bits per heavy atom. The highest BCUT2D eigenvalue weighted by Crippen LogP contribution is 2.63. The molecule has 2 aromatic carbocycles. The molecule has 0 N–H and O–H groups in total. The van der Waals surface area contributed by atoms with Gasteiger partial charge in [0.25, 0.3) is 0 Å². The summed E-state index contributed by atoms with van der Waals surface area (Å²) in [5.41, 5.74) is 0.947. The van der Waals surface area contributed by atoms with Crippen LogP contribution in [0.4, 0.5) is 0 Å². The topological polar surface area (TPSA) is 67.2 Å². The van der Waals surface area contributed by atoms with Crippen molar-refractivity contribution in [1.29, 1.82) is 5.26 Å². The van der Waals surface area contributed by atoms with E-state index in [1.54, 1.807) is 12.1 Å². The molecule has 0 unspecified atom stereocenters. The number of aryl methyl sites for hydroxylation is 1. The fourth-order valence-electron chi connectivity index (χ4n) is 3.67. The molecule has 0 aliphatic heterocycles. The summed E-state index contributed by atoms with van der Waals surface area (Å²) in [5.74, 6) is -0.416. The maximum absolute atomic E-state index is 13.3. The number of hydrogen-bond donors (Lipinski definition) is 0. The van der Waals surface area contributed by atoms with Gasteiger partial charge in [-0.1, -0.05) is 42.8 Å². The average Bonchev–Trinajstić information content (AvgIpc) is 3.37. The minimum atomic E-state index is -3.71. The van der Waals surface area contributed by atoms with Gasteiger partial charge < -0.3 is 4.74 Å². The van der Waals surface area contributed by atoms with Gasteiger partial charge in [0.1, 0.15) is 5.41 Å². The maximum atomic E-state index is 13.3. The van der Waals surface area contributed by atoms with Gasteiger partial charge in [0, 0.05) is 17.5 Å². The summed E-state index contributed by atoms with van der Waals surface area (Å²) in [4.78, 5) is 0.181. The molecule has 27 heavy (non-hydrogen) atoms. The number of rotatable bonds is 7. The van der Waals surface area contributed by atoms with E-state index in [0.29, 0.717) is 11.6 Å². The number of hydrogen-bond acceptors (Lipinski definition) is 4. The maximum Gasteiger partial charge on any atom is 0.183 e. The molecule has 0 amide bonds. The molecule has 6 heteroatoms. The van der Waals surface area contributed by atoms with Crippen LogP contribution in [0.5, 0.6) is 0 Å². The normalized spacial score (nSPS) is 24.4. The Morgan fingerprint density at radius 1 is 1.11 bits per heavy atom. The van der Waals surface area contributed by atoms with Crippen LogP contribution in [0.2, 0.25) is 5.02 Å². The zero-order valence-electron chi connectivity index (χ0n) is 15.4. The number of halogens is 1. The Morgan fingerprint density at radius 2 is 1.74 bits per heavy atom. The Bertz CT molecular complexity index is 948. The van der Waals surface area contributed by atoms with Crippen molar-refractivity contribution < 1.29 is 13.2 Å². The summed E-state index contributed by atoms with van der Waals surface area (Å²) < 4.78 is 32.1. The Balaban J connectivity index is 2.04. The van der Waals surface area contributed by atoms with E-state index in [2.05, 4.69) is 13.0 Å². The second-order valence-electron chi connectivity index (χ2n) is 6.78. The van der Waals surface area contributed by atoms with Crippen LogP contribution in [0.15, 0.2) is 53.4 Å². The fourth-order valence-corrected chi connectivity index (χ4v) is 6.11. The van der Waals surface area contributed by atoms with E-state index in [9.17, 15) is 13.7 Å². The summed E-state index contributed by atoms with van der Waals surface area (Å²) in [6, 6.07) is 16.2. The number of benzene rings is 2. The molecule has 0 radical (unpaired) electrons. The highest BCUT2D eigenvalue weighted by atomic mass is 35.5. The lowest BCUT2D eigenvalue weighted by Gasteiger charge is -2.10. The summed E-state index contributed by atoms with van der Waals surface area (Å²) in [7, 11) is -3.71. The largest absolute Gasteiger partial charge is 0.380 e. The van der Waals surface area contributed by atoms with E-state index < -0.39 is 26.4 Å². The summed E-state index contributed by atoms with van der Waals surface area (Å²) >= 11 is 5.89. The van der Waals surface area contributed by atoms with Crippen molar-refractivity contribution in [2.24, 2.45) is 5.41 Å². The van der Waals surface area contributed by atoms with Crippen LogP contribution in [0.1, 0.15) is 30.9 Å². The summed E-state index contributed by atoms with van der Waals surface area (Å²) in [6.45, 7) is 4.42. The van der Waals surface area contributed by atoms with E-state index in [4.69, 9.17) is 16.3 Å². The van der Waals surface area contributed by atoms with Gasteiger partial charge in [0.15, 0.2) is 9.84 Å². The molecule has 3 rings (SSSR count). The minimum absolute atomic E-state index is 0.0949. The predicted octanol–water partition coefficient (Wildman–Crippen LogP) is 4.39. The second-order valence-corrected chi connectivity index (χ2v) is 9.29. The first kappa shape index (κ1) is 19.9. The molecule has 4 nitrogen and oxygen atoms in total. The van der Waals surface area contributed by atoms with Crippen molar-refractivity contribution in [2.45, 2.75) is 36.3 Å². The van der Waals surface area contributed by atoms with Crippen LogP contribution in [0, 0.1) is 16.7 Å². The van der Waals surface area contributed by atoms with Crippen LogP contribution >= 0.6 is 11.6 Å². The van der Waals surface area contributed by atoms with Crippen LogP contribution in [-0.2, 0) is 21.0 Å². The van der Waals surface area contributed by atoms with E-state index >= 15 is 0 Å². The first-order valence-corrected chi connectivity index (χ1v) is 10.9. The van der Waals surface area contributed by atoms with Crippen LogP contribution in [0.25, 0.3) is 0 Å². The predicted molar refractivity (Wildman–Crippen MR) is 106 cm³/mol. The van der Waals surface area contributed by atoms with Crippen molar-refractivity contribution in [2.75, 3.05) is 13.2 Å². The lowest BCUT2D eigenvalue weighted by molar-refractivity contribution is 0.117. The van der Waals surface area contributed by atoms with E-state index in [1.165, 1.54) is 17.7 Å². The molecule has 1 saturated carbocycles.